The Hall–Kier alpha value is -0.970. The summed E-state index contributed by atoms with van der Waals surface area (Å²) in [6.07, 6.45) is -3.02. The van der Waals surface area contributed by atoms with Gasteiger partial charge in [-0.3, -0.25) is 0 Å². The molecule has 1 unspecified atom stereocenters. The molecule has 1 aromatic heterocycles. The maximum Gasteiger partial charge on any atom is 0.433 e. The molecule has 0 bridgehead atoms. The molecule has 0 saturated heterocycles. The quantitative estimate of drug-likeness (QED) is 0.813. The molecule has 18 heavy (non-hydrogen) atoms. The number of hydrogen-bond acceptors (Lipinski definition) is 2. The lowest BCUT2D eigenvalue weighted by Crippen LogP contribution is -2.35. The number of anilines is 1. The largest absolute Gasteiger partial charge is 0.433 e. The van der Waals surface area contributed by atoms with Gasteiger partial charge in [-0.2, -0.15) is 13.2 Å². The molecule has 0 amide bonds. The van der Waals surface area contributed by atoms with Crippen LogP contribution in [0.4, 0.5) is 19.0 Å². The van der Waals surface area contributed by atoms with Crippen LogP contribution in [0.15, 0.2) is 18.2 Å². The topological polar surface area (TPSA) is 24.9 Å². The molecule has 1 rings (SSSR count). The van der Waals surface area contributed by atoms with Crippen LogP contribution in [0, 0.1) is 0 Å². The molecule has 0 aliphatic carbocycles. The second-order valence-corrected chi connectivity index (χ2v) is 4.76. The van der Waals surface area contributed by atoms with Crippen molar-refractivity contribution in [1.29, 1.82) is 0 Å². The zero-order chi connectivity index (χ0) is 13.8. The van der Waals surface area contributed by atoms with E-state index in [0.29, 0.717) is 12.3 Å². The van der Waals surface area contributed by atoms with E-state index in [1.807, 2.05) is 13.8 Å². The molecule has 1 atom stereocenters. The van der Waals surface area contributed by atoms with Crippen molar-refractivity contribution in [3.63, 3.8) is 0 Å². The van der Waals surface area contributed by atoms with Gasteiger partial charge in [0.2, 0.25) is 0 Å². The first-order chi connectivity index (χ1) is 8.30. The van der Waals surface area contributed by atoms with Crippen molar-refractivity contribution in [3.8, 4) is 0 Å². The van der Waals surface area contributed by atoms with Crippen molar-refractivity contribution in [1.82, 2.24) is 4.98 Å². The molecule has 6 heteroatoms. The lowest BCUT2D eigenvalue weighted by molar-refractivity contribution is -0.141. The van der Waals surface area contributed by atoms with Gasteiger partial charge in [-0.1, -0.05) is 13.0 Å². The Morgan fingerprint density at radius 1 is 1.33 bits per heavy atom. The number of nitrogens with one attached hydrogen (secondary N) is 1. The van der Waals surface area contributed by atoms with E-state index in [1.54, 1.807) is 0 Å². The molecule has 0 fully saturated rings. The molecule has 1 heterocycles. The summed E-state index contributed by atoms with van der Waals surface area (Å²) in [4.78, 5) is 3.58. The van der Waals surface area contributed by atoms with E-state index in [2.05, 4.69) is 10.3 Å². The van der Waals surface area contributed by atoms with E-state index in [9.17, 15) is 13.2 Å². The molecule has 0 aromatic carbocycles. The monoisotopic (exact) mass is 280 g/mol. The first-order valence-corrected chi connectivity index (χ1v) is 6.22. The second kappa shape index (κ2) is 5.78. The van der Waals surface area contributed by atoms with Crippen LogP contribution in [-0.2, 0) is 6.18 Å². The Labute approximate surface area is 110 Å². The fourth-order valence-electron chi connectivity index (χ4n) is 1.51. The van der Waals surface area contributed by atoms with Gasteiger partial charge in [0.15, 0.2) is 0 Å². The standard InChI is InChI=1S/C12H16ClF3N2/c1-3-11(2,7-8-13)18-10-6-4-5-9(17-10)12(14,15)16/h4-6H,3,7-8H2,1-2H3,(H,17,18). The lowest BCUT2D eigenvalue weighted by atomic mass is 9.95. The maximum absolute atomic E-state index is 12.5. The Balaban J connectivity index is 2.91. The first-order valence-electron chi connectivity index (χ1n) is 5.69. The summed E-state index contributed by atoms with van der Waals surface area (Å²) in [6.45, 7) is 3.87. The van der Waals surface area contributed by atoms with E-state index in [1.165, 1.54) is 12.1 Å². The summed E-state index contributed by atoms with van der Waals surface area (Å²) in [7, 11) is 0. The minimum atomic E-state index is -4.42. The van der Waals surface area contributed by atoms with Crippen LogP contribution in [0.25, 0.3) is 0 Å². The van der Waals surface area contributed by atoms with Crippen molar-refractivity contribution in [3.05, 3.63) is 23.9 Å². The Morgan fingerprint density at radius 2 is 2.00 bits per heavy atom. The molecule has 0 aliphatic heterocycles. The molecule has 2 nitrogen and oxygen atoms in total. The van der Waals surface area contributed by atoms with E-state index in [0.717, 1.165) is 12.5 Å². The number of hydrogen-bond donors (Lipinski definition) is 1. The van der Waals surface area contributed by atoms with Crippen molar-refractivity contribution in [2.45, 2.75) is 38.4 Å². The predicted molar refractivity (Wildman–Crippen MR) is 66.9 cm³/mol. The summed E-state index contributed by atoms with van der Waals surface area (Å²) in [5, 5.41) is 3.02. The highest BCUT2D eigenvalue weighted by Gasteiger charge is 2.33. The third kappa shape index (κ3) is 4.05. The number of alkyl halides is 4. The van der Waals surface area contributed by atoms with Crippen molar-refractivity contribution < 1.29 is 13.2 Å². The van der Waals surface area contributed by atoms with E-state index >= 15 is 0 Å². The molecular formula is C12H16ClF3N2. The Kier molecular flexibility index (Phi) is 4.85. The molecule has 0 aliphatic rings. The fourth-order valence-corrected chi connectivity index (χ4v) is 1.92. The van der Waals surface area contributed by atoms with E-state index < -0.39 is 11.9 Å². The van der Waals surface area contributed by atoms with Gasteiger partial charge in [-0.05, 0) is 31.9 Å². The molecule has 1 N–H and O–H groups in total. The van der Waals surface area contributed by atoms with Crippen LogP contribution in [0.2, 0.25) is 0 Å². The average molecular weight is 281 g/mol. The van der Waals surface area contributed by atoms with E-state index in [4.69, 9.17) is 11.6 Å². The van der Waals surface area contributed by atoms with Gasteiger partial charge in [-0.25, -0.2) is 4.98 Å². The highest BCUT2D eigenvalue weighted by atomic mass is 35.5. The SMILES string of the molecule is CCC(C)(CCCl)Nc1cccc(C(F)(F)F)n1. The highest BCUT2D eigenvalue weighted by molar-refractivity contribution is 6.17. The van der Waals surface area contributed by atoms with Gasteiger partial charge in [0.05, 0.1) is 0 Å². The Bertz CT molecular complexity index is 395. The minimum Gasteiger partial charge on any atom is -0.365 e. The number of pyridine rings is 1. The zero-order valence-electron chi connectivity index (χ0n) is 10.3. The number of aromatic nitrogens is 1. The maximum atomic E-state index is 12.5. The van der Waals surface area contributed by atoms with Crippen LogP contribution in [-0.4, -0.2) is 16.4 Å². The van der Waals surface area contributed by atoms with Crippen LogP contribution in [0.5, 0.6) is 0 Å². The Morgan fingerprint density at radius 3 is 2.50 bits per heavy atom. The average Bonchev–Trinajstić information content (AvgIpc) is 2.28. The summed E-state index contributed by atoms with van der Waals surface area (Å²) >= 11 is 5.69. The summed E-state index contributed by atoms with van der Waals surface area (Å²) < 4.78 is 37.6. The molecule has 102 valence electrons. The van der Waals surface area contributed by atoms with Gasteiger partial charge in [-0.15, -0.1) is 11.6 Å². The predicted octanol–water partition coefficient (Wildman–Crippen LogP) is 4.31. The zero-order valence-corrected chi connectivity index (χ0v) is 11.1. The third-order valence-electron chi connectivity index (χ3n) is 2.90. The number of halogens is 4. The van der Waals surface area contributed by atoms with Crippen LogP contribution in [0.3, 0.4) is 0 Å². The smallest absolute Gasteiger partial charge is 0.365 e. The van der Waals surface area contributed by atoms with Gasteiger partial charge < -0.3 is 5.32 Å². The lowest BCUT2D eigenvalue weighted by Gasteiger charge is -2.29. The molecule has 1 aromatic rings. The van der Waals surface area contributed by atoms with Gasteiger partial charge in [0, 0.05) is 11.4 Å². The molecule has 0 radical (unpaired) electrons. The second-order valence-electron chi connectivity index (χ2n) is 4.38. The van der Waals surface area contributed by atoms with Crippen LogP contribution >= 0.6 is 11.6 Å². The molecule has 0 spiro atoms. The highest BCUT2D eigenvalue weighted by Crippen LogP contribution is 2.29. The number of rotatable bonds is 5. The normalized spacial score (nSPS) is 15.2. The first kappa shape index (κ1) is 15.1. The van der Waals surface area contributed by atoms with Gasteiger partial charge in [0.25, 0.3) is 0 Å². The van der Waals surface area contributed by atoms with E-state index in [-0.39, 0.29) is 11.4 Å². The molecular weight excluding hydrogens is 265 g/mol. The van der Waals surface area contributed by atoms with Crippen LogP contribution < -0.4 is 5.32 Å². The van der Waals surface area contributed by atoms with Gasteiger partial charge >= 0.3 is 6.18 Å². The summed E-state index contributed by atoms with van der Waals surface area (Å²) in [5.41, 5.74) is -1.24. The summed E-state index contributed by atoms with van der Waals surface area (Å²) in [5.74, 6) is 0.662. The summed E-state index contributed by atoms with van der Waals surface area (Å²) in [6, 6.07) is 3.82. The fraction of sp³-hybridized carbons (Fsp3) is 0.583. The third-order valence-corrected chi connectivity index (χ3v) is 3.08. The van der Waals surface area contributed by atoms with Crippen molar-refractivity contribution in [2.75, 3.05) is 11.2 Å². The number of nitrogens with zero attached hydrogens (tertiary/aromatic N) is 1. The van der Waals surface area contributed by atoms with Crippen molar-refractivity contribution in [2.24, 2.45) is 0 Å². The van der Waals surface area contributed by atoms with Crippen LogP contribution in [0.1, 0.15) is 32.4 Å². The molecule has 0 saturated carbocycles. The minimum absolute atomic E-state index is 0.222. The van der Waals surface area contributed by atoms with Crippen molar-refractivity contribution >= 4 is 17.4 Å². The van der Waals surface area contributed by atoms with Gasteiger partial charge in [0.1, 0.15) is 11.5 Å².